The topological polar surface area (TPSA) is 106 Å². The number of rotatable bonds is 3. The van der Waals surface area contributed by atoms with E-state index in [2.05, 4.69) is 4.18 Å². The van der Waals surface area contributed by atoms with Crippen LogP contribution in [0.15, 0.2) is 33.5 Å². The first-order valence-corrected chi connectivity index (χ1v) is 7.45. The van der Waals surface area contributed by atoms with Crippen LogP contribution < -0.4 is 9.61 Å². The monoisotopic (exact) mass is 312 g/mol. The Morgan fingerprint density at radius 2 is 1.95 bits per heavy atom. The molecule has 7 nitrogen and oxygen atoms in total. The maximum Gasteiger partial charge on any atom is 0.446 e. The third-order valence-electron chi connectivity index (χ3n) is 3.18. The first-order chi connectivity index (χ1) is 9.66. The third kappa shape index (κ3) is 2.78. The molecule has 1 N–H and O–H groups in total. The summed E-state index contributed by atoms with van der Waals surface area (Å²) < 4.78 is 45.4. The van der Waals surface area contributed by atoms with Crippen molar-refractivity contribution in [2.24, 2.45) is 0 Å². The predicted molar refractivity (Wildman–Crippen MR) is 72.6 cm³/mol. The molecule has 8 heteroatoms. The molecule has 1 atom stereocenters. The van der Waals surface area contributed by atoms with Crippen molar-refractivity contribution in [3.8, 4) is 5.75 Å². The summed E-state index contributed by atoms with van der Waals surface area (Å²) in [6, 6.07) is 5.20. The number of hydrogen-bond acceptors (Lipinski definition) is 6. The average molecular weight is 312 g/mol. The van der Waals surface area contributed by atoms with Gasteiger partial charge in [-0.15, -0.1) is 0 Å². The lowest BCUT2D eigenvalue weighted by molar-refractivity contribution is 0.313. The van der Waals surface area contributed by atoms with Gasteiger partial charge in [0.25, 0.3) is 0 Å². The Kier molecular flexibility index (Phi) is 2.88. The van der Waals surface area contributed by atoms with Gasteiger partial charge in [0.1, 0.15) is 23.2 Å². The maximum absolute atomic E-state index is 12.0. The van der Waals surface area contributed by atoms with Crippen LogP contribution in [0.4, 0.5) is 0 Å². The number of ether oxygens (including phenoxy) is 1. The average Bonchev–Trinajstić information content (AvgIpc) is 2.95. The molecule has 0 saturated carbocycles. The van der Waals surface area contributed by atoms with Crippen LogP contribution in [0.5, 0.6) is 5.75 Å². The zero-order valence-electron chi connectivity index (χ0n) is 11.2. The Balaban J connectivity index is 2.09. The van der Waals surface area contributed by atoms with Gasteiger partial charge >= 0.3 is 10.4 Å². The van der Waals surface area contributed by atoms with Crippen molar-refractivity contribution < 1.29 is 26.3 Å². The van der Waals surface area contributed by atoms with Gasteiger partial charge in [0.15, 0.2) is 5.43 Å². The summed E-state index contributed by atoms with van der Waals surface area (Å²) in [6.07, 6.45) is -0.319. The van der Waals surface area contributed by atoms with Crippen LogP contribution in [0.2, 0.25) is 0 Å². The van der Waals surface area contributed by atoms with E-state index in [1.807, 2.05) is 13.8 Å². The van der Waals surface area contributed by atoms with Crippen LogP contribution in [-0.4, -0.2) is 18.6 Å². The number of fused-ring (bicyclic) bond motifs is 1. The fourth-order valence-electron chi connectivity index (χ4n) is 2.13. The molecule has 1 aliphatic heterocycles. The van der Waals surface area contributed by atoms with Crippen LogP contribution in [0.3, 0.4) is 0 Å². The van der Waals surface area contributed by atoms with Gasteiger partial charge in [0.05, 0.1) is 11.0 Å². The van der Waals surface area contributed by atoms with Crippen molar-refractivity contribution in [1.29, 1.82) is 0 Å². The molecule has 3 rings (SSSR count). The van der Waals surface area contributed by atoms with E-state index < -0.39 is 16.0 Å². The molecular weight excluding hydrogens is 300 g/mol. The fraction of sp³-hybridized carbons (Fsp3) is 0.308. The highest BCUT2D eigenvalue weighted by Crippen LogP contribution is 2.48. The third-order valence-corrected chi connectivity index (χ3v) is 3.58. The second-order valence-electron chi connectivity index (χ2n) is 5.28. The molecule has 1 saturated heterocycles. The summed E-state index contributed by atoms with van der Waals surface area (Å²) >= 11 is 0. The summed E-state index contributed by atoms with van der Waals surface area (Å²) in [7, 11) is -4.63. The quantitative estimate of drug-likeness (QED) is 0.680. The molecule has 0 bridgehead atoms. The smallest absolute Gasteiger partial charge is 0.446 e. The van der Waals surface area contributed by atoms with Crippen molar-refractivity contribution in [2.45, 2.75) is 25.6 Å². The van der Waals surface area contributed by atoms with E-state index in [1.54, 1.807) is 0 Å². The Hall–Kier alpha value is -1.90. The van der Waals surface area contributed by atoms with Gasteiger partial charge in [0, 0.05) is 12.1 Å². The van der Waals surface area contributed by atoms with E-state index in [-0.39, 0.29) is 28.3 Å². The van der Waals surface area contributed by atoms with Crippen LogP contribution in [-0.2, 0) is 15.1 Å². The minimum atomic E-state index is -4.63. The lowest BCUT2D eigenvalue weighted by atomic mass is 10.1. The molecule has 1 fully saturated rings. The van der Waals surface area contributed by atoms with E-state index >= 15 is 0 Å². The summed E-state index contributed by atoms with van der Waals surface area (Å²) in [5.74, 6) is 0.211. The van der Waals surface area contributed by atoms with E-state index in [0.717, 1.165) is 0 Å². The number of epoxide rings is 1. The Morgan fingerprint density at radius 3 is 2.52 bits per heavy atom. The SMILES string of the molecule is CC1(C)OC1c1cc(=O)c2ccc(OS(=O)(=O)O)cc2o1. The molecular formula is C13H12O7S. The Morgan fingerprint density at radius 1 is 1.29 bits per heavy atom. The van der Waals surface area contributed by atoms with Crippen LogP contribution in [0, 0.1) is 0 Å². The van der Waals surface area contributed by atoms with Gasteiger partial charge in [-0.2, -0.15) is 8.42 Å². The molecule has 0 spiro atoms. The zero-order chi connectivity index (χ0) is 15.4. The van der Waals surface area contributed by atoms with Gasteiger partial charge in [-0.05, 0) is 26.0 Å². The first-order valence-electron chi connectivity index (χ1n) is 6.08. The van der Waals surface area contributed by atoms with Crippen molar-refractivity contribution >= 4 is 21.4 Å². The van der Waals surface area contributed by atoms with E-state index in [9.17, 15) is 13.2 Å². The fourth-order valence-corrected chi connectivity index (χ4v) is 2.47. The molecule has 0 aliphatic carbocycles. The summed E-state index contributed by atoms with van der Waals surface area (Å²) in [5.41, 5.74) is -0.507. The van der Waals surface area contributed by atoms with Gasteiger partial charge in [0.2, 0.25) is 0 Å². The summed E-state index contributed by atoms with van der Waals surface area (Å²) in [4.78, 5) is 12.0. The predicted octanol–water partition coefficient (Wildman–Crippen LogP) is 1.82. The molecule has 1 aromatic heterocycles. The first kappa shape index (κ1) is 14.1. The van der Waals surface area contributed by atoms with E-state index in [0.29, 0.717) is 5.76 Å². The molecule has 0 amide bonds. The molecule has 112 valence electrons. The zero-order valence-corrected chi connectivity index (χ0v) is 12.0. The Bertz CT molecular complexity index is 879. The minimum absolute atomic E-state index is 0.152. The summed E-state index contributed by atoms with van der Waals surface area (Å²) in [5, 5.41) is 0.278. The van der Waals surface area contributed by atoms with Gasteiger partial charge in [-0.1, -0.05) is 0 Å². The normalized spacial score (nSPS) is 20.4. The van der Waals surface area contributed by atoms with Crippen molar-refractivity contribution in [1.82, 2.24) is 0 Å². The molecule has 21 heavy (non-hydrogen) atoms. The second kappa shape index (κ2) is 4.30. The molecule has 0 radical (unpaired) electrons. The highest BCUT2D eigenvalue weighted by Gasteiger charge is 2.51. The second-order valence-corrected chi connectivity index (χ2v) is 6.31. The molecule has 1 aromatic carbocycles. The van der Waals surface area contributed by atoms with Gasteiger partial charge < -0.3 is 13.3 Å². The molecule has 2 heterocycles. The lowest BCUT2D eigenvalue weighted by Gasteiger charge is -2.04. The standard InChI is InChI=1S/C13H12O7S/c1-13(2)12(19-13)11-6-9(14)8-4-3-7(5-10(8)18-11)20-21(15,16)17/h3-6,12H,1-2H3,(H,15,16,17). The Labute approximate surface area is 120 Å². The maximum atomic E-state index is 12.0. The highest BCUT2D eigenvalue weighted by atomic mass is 32.3. The summed E-state index contributed by atoms with van der Waals surface area (Å²) in [6.45, 7) is 3.72. The number of benzene rings is 1. The largest absolute Gasteiger partial charge is 0.458 e. The van der Waals surface area contributed by atoms with E-state index in [1.165, 1.54) is 24.3 Å². The lowest BCUT2D eigenvalue weighted by Crippen LogP contribution is -2.08. The van der Waals surface area contributed by atoms with Crippen LogP contribution in [0.1, 0.15) is 25.7 Å². The highest BCUT2D eigenvalue weighted by molar-refractivity contribution is 7.81. The van der Waals surface area contributed by atoms with Crippen molar-refractivity contribution in [3.63, 3.8) is 0 Å². The van der Waals surface area contributed by atoms with Crippen molar-refractivity contribution in [2.75, 3.05) is 0 Å². The van der Waals surface area contributed by atoms with Crippen LogP contribution in [0.25, 0.3) is 11.0 Å². The van der Waals surface area contributed by atoms with Gasteiger partial charge in [-0.3, -0.25) is 9.35 Å². The molecule has 1 aliphatic rings. The minimum Gasteiger partial charge on any atom is -0.458 e. The molecule has 1 unspecified atom stereocenters. The van der Waals surface area contributed by atoms with Gasteiger partial charge in [-0.25, -0.2) is 0 Å². The van der Waals surface area contributed by atoms with E-state index in [4.69, 9.17) is 13.7 Å². The molecule has 2 aromatic rings. The van der Waals surface area contributed by atoms with Crippen molar-refractivity contribution in [3.05, 3.63) is 40.2 Å². The number of hydrogen-bond donors (Lipinski definition) is 1. The van der Waals surface area contributed by atoms with Crippen LogP contribution >= 0.6 is 0 Å².